The van der Waals surface area contributed by atoms with E-state index in [1.165, 1.54) is 0 Å². The summed E-state index contributed by atoms with van der Waals surface area (Å²) in [5, 5.41) is 14.7. The molecule has 1 aliphatic rings. The maximum atomic E-state index is 10.7. The van der Waals surface area contributed by atoms with Crippen molar-refractivity contribution in [3.63, 3.8) is 0 Å². The van der Waals surface area contributed by atoms with E-state index in [4.69, 9.17) is 37.4 Å². The van der Waals surface area contributed by atoms with Crippen molar-refractivity contribution in [2.45, 2.75) is 25.6 Å². The quantitative estimate of drug-likeness (QED) is 0.411. The Hall–Kier alpha value is -1.72. The van der Waals surface area contributed by atoms with E-state index < -0.39 is 0 Å². The number of hydrogen-bond acceptors (Lipinski definition) is 4. The highest BCUT2D eigenvalue weighted by atomic mass is 35.5. The molecule has 4 nitrogen and oxygen atoms in total. The van der Waals surface area contributed by atoms with E-state index >= 15 is 0 Å². The number of halogens is 2. The molecule has 1 heterocycles. The summed E-state index contributed by atoms with van der Waals surface area (Å²) in [6.45, 7) is 3.81. The highest BCUT2D eigenvalue weighted by Gasteiger charge is 2.24. The lowest BCUT2D eigenvalue weighted by Gasteiger charge is -2.19. The van der Waals surface area contributed by atoms with Crippen LogP contribution in [-0.4, -0.2) is 37.1 Å². The van der Waals surface area contributed by atoms with E-state index in [1.807, 2.05) is 6.07 Å². The van der Waals surface area contributed by atoms with Crippen molar-refractivity contribution in [2.75, 3.05) is 19.8 Å². The van der Waals surface area contributed by atoms with Crippen molar-refractivity contribution in [3.8, 4) is 11.5 Å². The van der Waals surface area contributed by atoms with Crippen LogP contribution >= 0.6 is 23.2 Å². The first-order valence-electron chi connectivity index (χ1n) is 8.96. The van der Waals surface area contributed by atoms with Crippen LogP contribution in [0.5, 0.6) is 11.5 Å². The second-order valence-electron chi connectivity index (χ2n) is 6.69. The summed E-state index contributed by atoms with van der Waals surface area (Å²) in [6.07, 6.45) is 1.00. The van der Waals surface area contributed by atoms with Crippen LogP contribution in [0.15, 0.2) is 36.4 Å². The van der Waals surface area contributed by atoms with Crippen LogP contribution in [0.3, 0.4) is 0 Å². The molecule has 3 aromatic carbocycles. The normalized spacial score (nSPS) is 17.4. The molecule has 0 spiro atoms. The number of fused-ring (bicyclic) bond motifs is 2. The molecule has 1 aliphatic heterocycles. The van der Waals surface area contributed by atoms with Gasteiger partial charge in [-0.25, -0.2) is 0 Å². The third kappa shape index (κ3) is 3.94. The topological polar surface area (TPSA) is 51.2 Å². The molecule has 0 amide bonds. The van der Waals surface area contributed by atoms with E-state index in [-0.39, 0.29) is 18.0 Å². The average Bonchev–Trinajstić information content (AvgIpc) is 3.48. The Bertz CT molecular complexity index is 985. The summed E-state index contributed by atoms with van der Waals surface area (Å²) < 4.78 is 17.3. The predicted octanol–water partition coefficient (Wildman–Crippen LogP) is 5.58. The van der Waals surface area contributed by atoms with Gasteiger partial charge in [0.15, 0.2) is 0 Å². The Kier molecular flexibility index (Phi) is 5.33. The average molecular weight is 407 g/mol. The second-order valence-corrected chi connectivity index (χ2v) is 7.56. The van der Waals surface area contributed by atoms with Gasteiger partial charge in [-0.05, 0) is 42.8 Å². The molecule has 0 bridgehead atoms. The lowest BCUT2D eigenvalue weighted by atomic mass is 10.0. The Morgan fingerprint density at radius 1 is 1.07 bits per heavy atom. The maximum absolute atomic E-state index is 10.7. The maximum Gasteiger partial charge on any atom is 0.135 e. The minimum absolute atomic E-state index is 0.0420. The van der Waals surface area contributed by atoms with Gasteiger partial charge in [-0.1, -0.05) is 30.1 Å². The Morgan fingerprint density at radius 2 is 1.74 bits per heavy atom. The van der Waals surface area contributed by atoms with Gasteiger partial charge in [0.1, 0.15) is 24.2 Å². The monoisotopic (exact) mass is 406 g/mol. The highest BCUT2D eigenvalue weighted by Crippen LogP contribution is 2.43. The van der Waals surface area contributed by atoms with Crippen LogP contribution in [-0.2, 0) is 9.47 Å². The van der Waals surface area contributed by atoms with E-state index in [0.29, 0.717) is 39.8 Å². The van der Waals surface area contributed by atoms with Gasteiger partial charge in [0.2, 0.25) is 0 Å². The molecule has 2 atom stereocenters. The van der Waals surface area contributed by atoms with Gasteiger partial charge in [-0.3, -0.25) is 0 Å². The number of phenolic OH excluding ortho intramolecular Hbond substituents is 1. The summed E-state index contributed by atoms with van der Waals surface area (Å²) in [4.78, 5) is 0. The number of benzene rings is 3. The minimum Gasteiger partial charge on any atom is -0.507 e. The number of rotatable bonds is 7. The highest BCUT2D eigenvalue weighted by molar-refractivity contribution is 6.32. The zero-order valence-electron chi connectivity index (χ0n) is 14.9. The van der Waals surface area contributed by atoms with E-state index in [1.54, 1.807) is 30.3 Å². The van der Waals surface area contributed by atoms with Crippen LogP contribution in [0.2, 0.25) is 10.0 Å². The fourth-order valence-electron chi connectivity index (χ4n) is 3.13. The summed E-state index contributed by atoms with van der Waals surface area (Å²) >= 11 is 12.3. The Labute approximate surface area is 167 Å². The molecule has 2 unspecified atom stereocenters. The summed E-state index contributed by atoms with van der Waals surface area (Å²) in [5.74, 6) is 0.836. The molecule has 0 radical (unpaired) electrons. The fourth-order valence-corrected chi connectivity index (χ4v) is 3.48. The molecule has 4 rings (SSSR count). The molecular formula is C21H20Cl2O4. The number of phenols is 1. The molecule has 0 aromatic heterocycles. The van der Waals surface area contributed by atoms with Crippen LogP contribution in [0.25, 0.3) is 21.5 Å². The van der Waals surface area contributed by atoms with Crippen molar-refractivity contribution in [1.29, 1.82) is 0 Å². The van der Waals surface area contributed by atoms with E-state index in [2.05, 4.69) is 6.92 Å². The van der Waals surface area contributed by atoms with Gasteiger partial charge in [-0.15, -0.1) is 0 Å². The van der Waals surface area contributed by atoms with Crippen LogP contribution in [0, 0.1) is 0 Å². The summed E-state index contributed by atoms with van der Waals surface area (Å²) in [7, 11) is 0. The predicted molar refractivity (Wildman–Crippen MR) is 108 cm³/mol. The molecule has 27 heavy (non-hydrogen) atoms. The van der Waals surface area contributed by atoms with E-state index in [0.717, 1.165) is 23.8 Å². The first-order chi connectivity index (χ1) is 13.1. The van der Waals surface area contributed by atoms with Crippen molar-refractivity contribution >= 4 is 44.7 Å². The number of epoxide rings is 1. The van der Waals surface area contributed by atoms with Crippen molar-refractivity contribution in [1.82, 2.24) is 0 Å². The largest absolute Gasteiger partial charge is 0.507 e. The molecular weight excluding hydrogens is 387 g/mol. The Morgan fingerprint density at radius 3 is 2.41 bits per heavy atom. The fraction of sp³-hybridized carbons (Fsp3) is 0.333. The molecule has 1 saturated heterocycles. The first-order valence-corrected chi connectivity index (χ1v) is 9.72. The van der Waals surface area contributed by atoms with Crippen LogP contribution < -0.4 is 4.74 Å². The number of aromatic hydroxyl groups is 1. The van der Waals surface area contributed by atoms with Gasteiger partial charge < -0.3 is 19.3 Å². The number of ether oxygens (including phenoxy) is 3. The molecule has 0 saturated carbocycles. The Balaban J connectivity index is 1.74. The molecule has 1 N–H and O–H groups in total. The van der Waals surface area contributed by atoms with Gasteiger partial charge in [0, 0.05) is 31.6 Å². The second kappa shape index (κ2) is 7.72. The molecule has 142 valence electrons. The molecule has 0 aliphatic carbocycles. The minimum atomic E-state index is -0.0420. The summed E-state index contributed by atoms with van der Waals surface area (Å²) in [6, 6.07) is 10.7. The SMILES string of the molecule is CCC(COc1c2ccc(Cl)cc2c(O)c2ccc(Cl)cc12)OCC1CO1. The van der Waals surface area contributed by atoms with Crippen molar-refractivity contribution in [2.24, 2.45) is 0 Å². The molecule has 3 aromatic rings. The van der Waals surface area contributed by atoms with Crippen LogP contribution in [0.4, 0.5) is 0 Å². The molecule has 6 heteroatoms. The van der Waals surface area contributed by atoms with Crippen molar-refractivity contribution in [3.05, 3.63) is 46.4 Å². The van der Waals surface area contributed by atoms with Crippen molar-refractivity contribution < 1.29 is 19.3 Å². The zero-order chi connectivity index (χ0) is 19.0. The smallest absolute Gasteiger partial charge is 0.135 e. The third-order valence-electron chi connectivity index (χ3n) is 4.75. The number of hydrogen-bond donors (Lipinski definition) is 1. The van der Waals surface area contributed by atoms with E-state index in [9.17, 15) is 5.11 Å². The third-order valence-corrected chi connectivity index (χ3v) is 5.22. The lowest BCUT2D eigenvalue weighted by molar-refractivity contribution is 0.0114. The zero-order valence-corrected chi connectivity index (χ0v) is 16.4. The first kappa shape index (κ1) is 18.6. The van der Waals surface area contributed by atoms with Gasteiger partial charge in [-0.2, -0.15) is 0 Å². The standard InChI is InChI=1S/C21H20Cl2O4/c1-2-14(25-10-15-11-26-15)9-27-21-17-6-4-12(22)7-18(17)20(24)16-5-3-13(23)8-19(16)21/h3-8,14-15,24H,2,9-11H2,1H3. The summed E-state index contributed by atoms with van der Waals surface area (Å²) in [5.41, 5.74) is 0. The van der Waals surface area contributed by atoms with Crippen LogP contribution in [0.1, 0.15) is 13.3 Å². The van der Waals surface area contributed by atoms with Gasteiger partial charge >= 0.3 is 0 Å². The van der Waals surface area contributed by atoms with Gasteiger partial charge in [0.25, 0.3) is 0 Å². The van der Waals surface area contributed by atoms with Gasteiger partial charge in [0.05, 0.1) is 19.3 Å². The lowest BCUT2D eigenvalue weighted by Crippen LogP contribution is -2.23. The molecule has 1 fully saturated rings.